The minimum absolute atomic E-state index is 0.0468. The van der Waals surface area contributed by atoms with E-state index in [1.807, 2.05) is 39.1 Å². The quantitative estimate of drug-likeness (QED) is 0.908. The van der Waals surface area contributed by atoms with Crippen LogP contribution in [0.4, 0.5) is 0 Å². The van der Waals surface area contributed by atoms with E-state index in [0.717, 1.165) is 12.8 Å². The van der Waals surface area contributed by atoms with Gasteiger partial charge in [-0.3, -0.25) is 9.59 Å². The highest BCUT2D eigenvalue weighted by molar-refractivity contribution is 7.09. The van der Waals surface area contributed by atoms with E-state index in [0.29, 0.717) is 6.54 Å². The molecule has 116 valence electrons. The highest BCUT2D eigenvalue weighted by Gasteiger charge is 2.47. The van der Waals surface area contributed by atoms with Crippen molar-refractivity contribution in [2.24, 2.45) is 5.92 Å². The van der Waals surface area contributed by atoms with Crippen LogP contribution in [0.1, 0.15) is 39.0 Å². The number of piperazine rings is 1. The van der Waals surface area contributed by atoms with Gasteiger partial charge in [0.1, 0.15) is 11.6 Å². The van der Waals surface area contributed by atoms with Crippen LogP contribution >= 0.6 is 11.3 Å². The first-order chi connectivity index (χ1) is 9.87. The molecule has 1 saturated heterocycles. The monoisotopic (exact) mass is 308 g/mol. The molecule has 2 unspecified atom stereocenters. The number of hydrogen-bond donors (Lipinski definition) is 1. The molecule has 0 aliphatic carbocycles. The van der Waals surface area contributed by atoms with Crippen LogP contribution in [0, 0.1) is 5.92 Å². The second kappa shape index (κ2) is 6.18. The predicted molar refractivity (Wildman–Crippen MR) is 85.2 cm³/mol. The van der Waals surface area contributed by atoms with E-state index in [1.54, 1.807) is 16.2 Å². The number of nitrogens with one attached hydrogen (secondary N) is 1. The molecule has 0 radical (unpaired) electrons. The number of amides is 2. The van der Waals surface area contributed by atoms with Gasteiger partial charge in [0.2, 0.25) is 11.8 Å². The molecule has 1 aromatic heterocycles. The number of carbonyl (C=O) groups is 2. The molecule has 2 amide bonds. The third kappa shape index (κ3) is 3.12. The van der Waals surface area contributed by atoms with Crippen molar-refractivity contribution in [2.45, 2.75) is 52.1 Å². The van der Waals surface area contributed by atoms with Crippen molar-refractivity contribution in [1.82, 2.24) is 10.2 Å². The van der Waals surface area contributed by atoms with E-state index in [4.69, 9.17) is 0 Å². The molecule has 0 aromatic carbocycles. The minimum atomic E-state index is -0.779. The van der Waals surface area contributed by atoms with Gasteiger partial charge in [0, 0.05) is 11.4 Å². The second-order valence-corrected chi connectivity index (χ2v) is 7.25. The van der Waals surface area contributed by atoms with E-state index < -0.39 is 5.54 Å². The lowest BCUT2D eigenvalue weighted by molar-refractivity contribution is -0.156. The largest absolute Gasteiger partial charge is 0.342 e. The fraction of sp³-hybridized carbons (Fsp3) is 0.625. The van der Waals surface area contributed by atoms with Gasteiger partial charge in [-0.25, -0.2) is 0 Å². The van der Waals surface area contributed by atoms with Crippen LogP contribution in [-0.4, -0.2) is 34.8 Å². The Morgan fingerprint density at radius 3 is 2.71 bits per heavy atom. The van der Waals surface area contributed by atoms with Crippen LogP contribution in [-0.2, 0) is 16.0 Å². The molecule has 1 aliphatic rings. The molecule has 1 aromatic rings. The Morgan fingerprint density at radius 1 is 1.43 bits per heavy atom. The maximum absolute atomic E-state index is 12.8. The molecule has 4 nitrogen and oxygen atoms in total. The molecule has 0 bridgehead atoms. The number of nitrogens with zero attached hydrogens (tertiary/aromatic N) is 1. The summed E-state index contributed by atoms with van der Waals surface area (Å²) in [7, 11) is 0. The number of carbonyl (C=O) groups excluding carboxylic acids is 2. The van der Waals surface area contributed by atoms with Crippen LogP contribution in [0.5, 0.6) is 0 Å². The normalized spacial score (nSPS) is 23.0. The first kappa shape index (κ1) is 16.0. The number of thiophene rings is 1. The minimum Gasteiger partial charge on any atom is -0.342 e. The summed E-state index contributed by atoms with van der Waals surface area (Å²) >= 11 is 1.69. The molecular weight excluding hydrogens is 284 g/mol. The van der Waals surface area contributed by atoms with Crippen molar-refractivity contribution >= 4 is 23.2 Å². The SMILES string of the molecule is CCC(C)C1NC(=O)C(C)(C)N(CCc2cccs2)C1=O. The average molecular weight is 308 g/mol. The third-order valence-corrected chi connectivity index (χ3v) is 5.36. The van der Waals surface area contributed by atoms with Crippen molar-refractivity contribution in [2.75, 3.05) is 6.54 Å². The molecule has 21 heavy (non-hydrogen) atoms. The molecule has 2 rings (SSSR count). The Bertz CT molecular complexity index is 510. The zero-order chi connectivity index (χ0) is 15.6. The van der Waals surface area contributed by atoms with Crippen molar-refractivity contribution in [3.63, 3.8) is 0 Å². The maximum Gasteiger partial charge on any atom is 0.246 e. The fourth-order valence-corrected chi connectivity index (χ4v) is 3.33. The lowest BCUT2D eigenvalue weighted by atomic mass is 9.89. The molecule has 1 N–H and O–H groups in total. The molecule has 0 saturated carbocycles. The molecule has 2 atom stereocenters. The van der Waals surface area contributed by atoms with Crippen LogP contribution < -0.4 is 5.32 Å². The van der Waals surface area contributed by atoms with Crippen molar-refractivity contribution in [1.29, 1.82) is 0 Å². The number of hydrogen-bond acceptors (Lipinski definition) is 3. The van der Waals surface area contributed by atoms with Gasteiger partial charge in [-0.1, -0.05) is 26.3 Å². The van der Waals surface area contributed by atoms with Gasteiger partial charge in [0.05, 0.1) is 0 Å². The smallest absolute Gasteiger partial charge is 0.246 e. The van der Waals surface area contributed by atoms with E-state index in [-0.39, 0.29) is 23.8 Å². The lowest BCUT2D eigenvalue weighted by Crippen LogP contribution is -2.69. The number of rotatable bonds is 5. The van der Waals surface area contributed by atoms with Crippen molar-refractivity contribution < 1.29 is 9.59 Å². The summed E-state index contributed by atoms with van der Waals surface area (Å²) < 4.78 is 0. The van der Waals surface area contributed by atoms with E-state index >= 15 is 0 Å². The first-order valence-corrected chi connectivity index (χ1v) is 8.40. The Hall–Kier alpha value is -1.36. The van der Waals surface area contributed by atoms with Gasteiger partial charge in [-0.2, -0.15) is 0 Å². The Balaban J connectivity index is 2.17. The van der Waals surface area contributed by atoms with Gasteiger partial charge < -0.3 is 10.2 Å². The van der Waals surface area contributed by atoms with Gasteiger partial charge in [0.25, 0.3) is 0 Å². The predicted octanol–water partition coefficient (Wildman–Crippen LogP) is 2.44. The summed E-state index contributed by atoms with van der Waals surface area (Å²) in [6.45, 7) is 8.29. The fourth-order valence-electron chi connectivity index (χ4n) is 2.63. The molecule has 5 heteroatoms. The first-order valence-electron chi connectivity index (χ1n) is 7.52. The Labute approximate surface area is 130 Å². The summed E-state index contributed by atoms with van der Waals surface area (Å²) in [6.07, 6.45) is 1.67. The zero-order valence-electron chi connectivity index (χ0n) is 13.2. The standard InChI is InChI=1S/C16H24N2O2S/c1-5-11(2)13-14(19)18(16(3,4)15(20)17-13)9-8-12-7-6-10-21-12/h6-7,10-11,13H,5,8-9H2,1-4H3,(H,17,20). The topological polar surface area (TPSA) is 49.4 Å². The highest BCUT2D eigenvalue weighted by Crippen LogP contribution is 2.25. The zero-order valence-corrected chi connectivity index (χ0v) is 14.0. The van der Waals surface area contributed by atoms with E-state index in [9.17, 15) is 9.59 Å². The molecule has 1 aliphatic heterocycles. The Morgan fingerprint density at radius 2 is 2.14 bits per heavy atom. The van der Waals surface area contributed by atoms with Crippen LogP contribution in [0.3, 0.4) is 0 Å². The van der Waals surface area contributed by atoms with Crippen molar-refractivity contribution in [3.05, 3.63) is 22.4 Å². The van der Waals surface area contributed by atoms with Crippen LogP contribution in [0.25, 0.3) is 0 Å². The van der Waals surface area contributed by atoms with E-state index in [2.05, 4.69) is 11.4 Å². The van der Waals surface area contributed by atoms with E-state index in [1.165, 1.54) is 4.88 Å². The average Bonchev–Trinajstić information content (AvgIpc) is 2.95. The summed E-state index contributed by atoms with van der Waals surface area (Å²) in [5.41, 5.74) is -0.779. The second-order valence-electron chi connectivity index (χ2n) is 6.21. The van der Waals surface area contributed by atoms with Crippen LogP contribution in [0.2, 0.25) is 0 Å². The summed E-state index contributed by atoms with van der Waals surface area (Å²) in [5, 5.41) is 4.94. The summed E-state index contributed by atoms with van der Waals surface area (Å²) in [6, 6.07) is 3.69. The van der Waals surface area contributed by atoms with Gasteiger partial charge in [0.15, 0.2) is 0 Å². The third-order valence-electron chi connectivity index (χ3n) is 4.42. The molecular formula is C16H24N2O2S. The molecule has 1 fully saturated rings. The summed E-state index contributed by atoms with van der Waals surface area (Å²) in [5.74, 6) is 0.144. The molecule has 2 heterocycles. The van der Waals surface area contributed by atoms with Gasteiger partial charge in [-0.15, -0.1) is 11.3 Å². The lowest BCUT2D eigenvalue weighted by Gasteiger charge is -2.45. The maximum atomic E-state index is 12.8. The Kier molecular flexibility index (Phi) is 4.71. The molecule has 0 spiro atoms. The summed E-state index contributed by atoms with van der Waals surface area (Å²) in [4.78, 5) is 28.1. The van der Waals surface area contributed by atoms with Gasteiger partial charge in [-0.05, 0) is 37.6 Å². The highest BCUT2D eigenvalue weighted by atomic mass is 32.1. The van der Waals surface area contributed by atoms with Crippen molar-refractivity contribution in [3.8, 4) is 0 Å². The van der Waals surface area contributed by atoms with Gasteiger partial charge >= 0.3 is 0 Å². The van der Waals surface area contributed by atoms with Crippen LogP contribution in [0.15, 0.2) is 17.5 Å².